The molecule has 0 aliphatic carbocycles. The molecule has 0 spiro atoms. The van der Waals surface area contributed by atoms with Crippen molar-refractivity contribution in [3.63, 3.8) is 0 Å². The molecule has 3 heterocycles. The fourth-order valence-corrected chi connectivity index (χ4v) is 5.42. The number of para-hydroxylation sites is 4. The number of hydrogen-bond acceptors (Lipinski definition) is 4. The topological polar surface area (TPSA) is 54.2 Å². The van der Waals surface area contributed by atoms with E-state index in [1.165, 1.54) is 5.56 Å². The average Bonchev–Trinajstić information content (AvgIpc) is 3.36. The van der Waals surface area contributed by atoms with Gasteiger partial charge in [-0.2, -0.15) is 0 Å². The molecule has 0 bridgehead atoms. The number of pyridine rings is 2. The van der Waals surface area contributed by atoms with Crippen molar-refractivity contribution >= 4 is 39.1 Å². The number of hydrogen-bond donors (Lipinski definition) is 1. The van der Waals surface area contributed by atoms with Gasteiger partial charge >= 0.3 is 0 Å². The number of benzene rings is 4. The van der Waals surface area contributed by atoms with Gasteiger partial charge in [0, 0.05) is 43.7 Å². The van der Waals surface area contributed by atoms with E-state index in [9.17, 15) is 5.11 Å². The Hall–Kier alpha value is -4.73. The molecule has 0 saturated carbocycles. The number of rotatable bonds is 6. The summed E-state index contributed by atoms with van der Waals surface area (Å²) in [4.78, 5) is 12.0. The van der Waals surface area contributed by atoms with Crippen molar-refractivity contribution in [3.8, 4) is 22.7 Å². The molecule has 0 fully saturated rings. The number of aromatic nitrogens is 3. The van der Waals surface area contributed by atoms with Crippen molar-refractivity contribution in [2.45, 2.75) is 13.3 Å². The molecule has 0 radical (unpaired) electrons. The number of phenolic OH excluding ortho intramolecular Hbond substituents is 1. The first-order valence-electron chi connectivity index (χ1n) is 13.7. The molecule has 0 unspecified atom stereocenters. The number of aryl methyl sites for hydroxylation is 1. The molecule has 7 aromatic rings. The maximum atomic E-state index is 10.8. The average molecular weight is 727 g/mol. The Morgan fingerprint density at radius 2 is 1.55 bits per heavy atom. The summed E-state index contributed by atoms with van der Waals surface area (Å²) in [5.41, 5.74) is 7.25. The summed E-state index contributed by atoms with van der Waals surface area (Å²) in [5.74, 6) is 1.02. The Kier molecular flexibility index (Phi) is 7.60. The van der Waals surface area contributed by atoms with Crippen LogP contribution in [0, 0.1) is 6.07 Å². The third kappa shape index (κ3) is 4.86. The number of nitrogens with zero attached hydrogens (tertiary/aromatic N) is 4. The van der Waals surface area contributed by atoms with E-state index in [0.29, 0.717) is 5.69 Å². The molecule has 208 valence electrons. The van der Waals surface area contributed by atoms with Crippen molar-refractivity contribution in [2.75, 3.05) is 4.90 Å². The standard InChI is InChI=1S/C36H27N4O.Pt/c1-2-25-22-26(24-28(23-25)39(27-12-4-3-5-13-27)35-18-10-11-21-37-35)31-20-19-30-29-14-6-7-15-32(29)40(36(30)38-31)33-16-8-9-17-34(33)41;/h3-23,41H,2H2,1H3;/q-1;. The van der Waals surface area contributed by atoms with Gasteiger partial charge in [-0.15, -0.1) is 29.3 Å². The van der Waals surface area contributed by atoms with Gasteiger partial charge in [-0.25, -0.2) is 4.98 Å². The van der Waals surface area contributed by atoms with Crippen LogP contribution in [0.1, 0.15) is 12.5 Å². The first kappa shape index (κ1) is 27.4. The number of fused-ring (bicyclic) bond motifs is 3. The summed E-state index contributed by atoms with van der Waals surface area (Å²) in [6, 6.07) is 43.9. The van der Waals surface area contributed by atoms with Crippen LogP contribution < -0.4 is 4.90 Å². The molecule has 0 atom stereocenters. The Bertz CT molecular complexity index is 1970. The zero-order chi connectivity index (χ0) is 27.8. The fraction of sp³-hybridized carbons (Fsp3) is 0.0556. The second-order valence-corrected chi connectivity index (χ2v) is 9.91. The summed E-state index contributed by atoms with van der Waals surface area (Å²) < 4.78 is 2.04. The zero-order valence-electron chi connectivity index (χ0n) is 22.9. The summed E-state index contributed by atoms with van der Waals surface area (Å²) in [5, 5.41) is 12.9. The van der Waals surface area contributed by atoms with Crippen LogP contribution in [-0.2, 0) is 27.5 Å². The monoisotopic (exact) mass is 726 g/mol. The predicted molar refractivity (Wildman–Crippen MR) is 166 cm³/mol. The van der Waals surface area contributed by atoms with Gasteiger partial charge in [-0.3, -0.25) is 9.55 Å². The molecule has 6 heteroatoms. The smallest absolute Gasteiger partial charge is 0.139 e. The minimum Gasteiger partial charge on any atom is -0.506 e. The van der Waals surface area contributed by atoms with E-state index in [4.69, 9.17) is 4.98 Å². The van der Waals surface area contributed by atoms with Crippen molar-refractivity contribution < 1.29 is 26.2 Å². The van der Waals surface area contributed by atoms with Crippen molar-refractivity contribution in [2.24, 2.45) is 0 Å². The van der Waals surface area contributed by atoms with E-state index >= 15 is 0 Å². The Morgan fingerprint density at radius 3 is 2.33 bits per heavy atom. The van der Waals surface area contributed by atoms with Gasteiger partial charge in [0.05, 0.1) is 11.2 Å². The SMILES string of the molecule is CCc1cc(-c2ccc3c4ccccc4n(-c4ccccc4O)c3n2)[c-]c(N(c2ccccc2)c2ccccn2)c1.[Pt]. The van der Waals surface area contributed by atoms with Crippen LogP contribution in [0.25, 0.3) is 38.9 Å². The van der Waals surface area contributed by atoms with Crippen LogP contribution >= 0.6 is 0 Å². The van der Waals surface area contributed by atoms with Gasteiger partial charge in [0.25, 0.3) is 0 Å². The molecular formula is C36H27N4OPt-. The number of aromatic hydroxyl groups is 1. The summed E-state index contributed by atoms with van der Waals surface area (Å²) >= 11 is 0. The Balaban J connectivity index is 0.00000316. The normalized spacial score (nSPS) is 11.0. The maximum absolute atomic E-state index is 10.8. The molecule has 5 nitrogen and oxygen atoms in total. The molecule has 0 amide bonds. The number of anilines is 3. The van der Waals surface area contributed by atoms with Crippen molar-refractivity contribution in [1.29, 1.82) is 0 Å². The first-order chi connectivity index (χ1) is 20.2. The molecule has 3 aromatic heterocycles. The Morgan fingerprint density at radius 1 is 0.786 bits per heavy atom. The molecule has 0 aliphatic rings. The van der Waals surface area contributed by atoms with Gasteiger partial charge in [0.2, 0.25) is 0 Å². The summed E-state index contributed by atoms with van der Waals surface area (Å²) in [6.45, 7) is 2.16. The van der Waals surface area contributed by atoms with E-state index in [0.717, 1.165) is 56.8 Å². The maximum Gasteiger partial charge on any atom is 0.139 e. The van der Waals surface area contributed by atoms with Crippen LogP contribution in [0.3, 0.4) is 0 Å². The molecule has 7 rings (SSSR count). The van der Waals surface area contributed by atoms with Gasteiger partial charge in [0.1, 0.15) is 17.2 Å². The molecular weight excluding hydrogens is 700 g/mol. The van der Waals surface area contributed by atoms with E-state index in [-0.39, 0.29) is 26.8 Å². The molecule has 4 aromatic carbocycles. The second-order valence-electron chi connectivity index (χ2n) is 9.91. The Labute approximate surface area is 259 Å². The quantitative estimate of drug-likeness (QED) is 0.174. The van der Waals surface area contributed by atoms with E-state index in [2.05, 4.69) is 71.4 Å². The molecule has 0 saturated heterocycles. The zero-order valence-corrected chi connectivity index (χ0v) is 25.2. The number of phenols is 1. The van der Waals surface area contributed by atoms with Gasteiger partial charge in [0.15, 0.2) is 0 Å². The van der Waals surface area contributed by atoms with Crippen LogP contribution in [0.2, 0.25) is 0 Å². The van der Waals surface area contributed by atoms with E-state index in [1.54, 1.807) is 6.07 Å². The second kappa shape index (κ2) is 11.6. The van der Waals surface area contributed by atoms with E-state index < -0.39 is 0 Å². The van der Waals surface area contributed by atoms with Crippen molar-refractivity contribution in [3.05, 3.63) is 139 Å². The van der Waals surface area contributed by atoms with Gasteiger partial charge in [-0.1, -0.05) is 73.7 Å². The fourth-order valence-electron chi connectivity index (χ4n) is 5.42. The third-order valence-corrected chi connectivity index (χ3v) is 7.38. The van der Waals surface area contributed by atoms with Crippen LogP contribution in [-0.4, -0.2) is 19.6 Å². The minimum absolute atomic E-state index is 0. The van der Waals surface area contributed by atoms with Gasteiger partial charge in [-0.05, 0) is 60.3 Å². The minimum atomic E-state index is 0. The predicted octanol–water partition coefficient (Wildman–Crippen LogP) is 8.78. The van der Waals surface area contributed by atoms with E-state index in [1.807, 2.05) is 77.5 Å². The van der Waals surface area contributed by atoms with Crippen LogP contribution in [0.15, 0.2) is 128 Å². The van der Waals surface area contributed by atoms with Crippen LogP contribution in [0.5, 0.6) is 5.75 Å². The van der Waals surface area contributed by atoms with Crippen molar-refractivity contribution in [1.82, 2.24) is 14.5 Å². The molecule has 42 heavy (non-hydrogen) atoms. The summed E-state index contributed by atoms with van der Waals surface area (Å²) in [6.07, 6.45) is 2.67. The molecule has 1 N–H and O–H groups in total. The largest absolute Gasteiger partial charge is 0.506 e. The third-order valence-electron chi connectivity index (χ3n) is 7.38. The van der Waals surface area contributed by atoms with Crippen LogP contribution in [0.4, 0.5) is 17.2 Å². The van der Waals surface area contributed by atoms with Gasteiger partial charge < -0.3 is 10.0 Å². The molecule has 0 aliphatic heterocycles. The first-order valence-corrected chi connectivity index (χ1v) is 13.7. The summed E-state index contributed by atoms with van der Waals surface area (Å²) in [7, 11) is 0.